The topological polar surface area (TPSA) is 137 Å². The molecule has 0 spiro atoms. The van der Waals surface area contributed by atoms with Crippen molar-refractivity contribution in [2.45, 2.75) is 71.6 Å². The average Bonchev–Trinajstić information content (AvgIpc) is 3.10. The highest BCUT2D eigenvalue weighted by Gasteiger charge is 2.32. The summed E-state index contributed by atoms with van der Waals surface area (Å²) in [6.07, 6.45) is 1.64. The monoisotopic (exact) mass is 384 g/mol. The minimum Gasteiger partial charge on any atom is -0.480 e. The van der Waals surface area contributed by atoms with Crippen molar-refractivity contribution in [3.05, 3.63) is 0 Å². The smallest absolute Gasteiger partial charge is 0.326 e. The third kappa shape index (κ3) is 6.82. The Morgan fingerprint density at radius 1 is 0.889 bits per heavy atom. The first-order valence-corrected chi connectivity index (χ1v) is 9.41. The van der Waals surface area contributed by atoms with Gasteiger partial charge in [0.2, 0.25) is 17.7 Å². The molecule has 0 radical (unpaired) electrons. The van der Waals surface area contributed by atoms with E-state index in [0.29, 0.717) is 0 Å². The Hall–Kier alpha value is -2.16. The highest BCUT2D eigenvalue weighted by Crippen LogP contribution is 2.08. The first-order valence-electron chi connectivity index (χ1n) is 9.41. The number of carboxylic acid groups (broad SMARTS) is 1. The second-order valence-corrected chi connectivity index (χ2v) is 7.68. The molecule has 1 saturated heterocycles. The lowest BCUT2D eigenvalue weighted by molar-refractivity contribution is -0.143. The van der Waals surface area contributed by atoms with E-state index in [1.165, 1.54) is 0 Å². The third-order valence-corrected chi connectivity index (χ3v) is 4.61. The molecule has 0 aromatic carbocycles. The van der Waals surface area contributed by atoms with E-state index in [1.807, 2.05) is 0 Å². The van der Waals surface area contributed by atoms with Crippen LogP contribution in [-0.2, 0) is 19.2 Å². The van der Waals surface area contributed by atoms with Gasteiger partial charge in [0, 0.05) is 0 Å². The predicted octanol–water partition coefficient (Wildman–Crippen LogP) is -0.391. The molecule has 154 valence electrons. The van der Waals surface area contributed by atoms with Gasteiger partial charge >= 0.3 is 5.97 Å². The molecule has 0 aliphatic carbocycles. The summed E-state index contributed by atoms with van der Waals surface area (Å²) in [4.78, 5) is 48.3. The van der Waals surface area contributed by atoms with Crippen molar-refractivity contribution in [3.8, 4) is 0 Å². The molecule has 9 nitrogen and oxygen atoms in total. The first-order chi connectivity index (χ1) is 12.5. The molecular weight excluding hydrogens is 352 g/mol. The Morgan fingerprint density at radius 2 is 1.44 bits per heavy atom. The minimum absolute atomic E-state index is 0.244. The summed E-state index contributed by atoms with van der Waals surface area (Å²) >= 11 is 0. The Morgan fingerprint density at radius 3 is 1.89 bits per heavy atom. The van der Waals surface area contributed by atoms with E-state index in [-0.39, 0.29) is 23.8 Å². The maximum Gasteiger partial charge on any atom is 0.326 e. The fourth-order valence-corrected chi connectivity index (χ4v) is 2.86. The summed E-state index contributed by atoms with van der Waals surface area (Å²) in [7, 11) is 0. The molecule has 1 aliphatic heterocycles. The SMILES string of the molecule is CC(NC(=O)C1CCCN1)C(=O)NC(C(=O)NC(C(=O)O)C(C)C)C(C)C. The molecule has 1 fully saturated rings. The van der Waals surface area contributed by atoms with E-state index in [0.717, 1.165) is 19.4 Å². The van der Waals surface area contributed by atoms with Crippen molar-refractivity contribution in [3.63, 3.8) is 0 Å². The summed E-state index contributed by atoms with van der Waals surface area (Å²) in [6, 6.07) is -3.05. The van der Waals surface area contributed by atoms with Crippen molar-refractivity contribution in [1.29, 1.82) is 0 Å². The largest absolute Gasteiger partial charge is 0.480 e. The summed E-state index contributed by atoms with van der Waals surface area (Å²) in [6.45, 7) is 9.20. The number of carbonyl (C=O) groups is 4. The summed E-state index contributed by atoms with van der Waals surface area (Å²) in [5, 5.41) is 20.0. The zero-order valence-corrected chi connectivity index (χ0v) is 16.7. The summed E-state index contributed by atoms with van der Waals surface area (Å²) in [5.74, 6) is -2.98. The Labute approximate surface area is 160 Å². The number of hydrogen-bond acceptors (Lipinski definition) is 5. The number of nitrogens with one attached hydrogen (secondary N) is 4. The maximum atomic E-state index is 12.5. The molecule has 4 unspecified atom stereocenters. The summed E-state index contributed by atoms with van der Waals surface area (Å²) < 4.78 is 0. The van der Waals surface area contributed by atoms with E-state index in [1.54, 1.807) is 34.6 Å². The second kappa shape index (κ2) is 10.2. The van der Waals surface area contributed by atoms with Crippen LogP contribution in [0.15, 0.2) is 0 Å². The van der Waals surface area contributed by atoms with Gasteiger partial charge in [-0.3, -0.25) is 14.4 Å². The molecule has 1 aliphatic rings. The van der Waals surface area contributed by atoms with E-state index in [9.17, 15) is 24.3 Å². The van der Waals surface area contributed by atoms with Gasteiger partial charge < -0.3 is 26.4 Å². The van der Waals surface area contributed by atoms with Crippen molar-refractivity contribution in [1.82, 2.24) is 21.3 Å². The van der Waals surface area contributed by atoms with Crippen LogP contribution in [0.5, 0.6) is 0 Å². The van der Waals surface area contributed by atoms with Gasteiger partial charge in [-0.25, -0.2) is 4.79 Å². The molecular formula is C18H32N4O5. The van der Waals surface area contributed by atoms with Crippen molar-refractivity contribution in [2.75, 3.05) is 6.54 Å². The van der Waals surface area contributed by atoms with Gasteiger partial charge in [-0.05, 0) is 38.1 Å². The van der Waals surface area contributed by atoms with Crippen LogP contribution in [0.25, 0.3) is 0 Å². The molecule has 0 saturated carbocycles. The van der Waals surface area contributed by atoms with Crippen LogP contribution < -0.4 is 21.3 Å². The molecule has 27 heavy (non-hydrogen) atoms. The highest BCUT2D eigenvalue weighted by atomic mass is 16.4. The summed E-state index contributed by atoms with van der Waals surface area (Å²) in [5.41, 5.74) is 0. The Balaban J connectivity index is 2.68. The predicted molar refractivity (Wildman–Crippen MR) is 99.8 cm³/mol. The Kier molecular flexibility index (Phi) is 8.68. The van der Waals surface area contributed by atoms with Gasteiger partial charge in [-0.15, -0.1) is 0 Å². The van der Waals surface area contributed by atoms with Gasteiger partial charge in [0.15, 0.2) is 0 Å². The number of aliphatic carboxylic acids is 1. The second-order valence-electron chi connectivity index (χ2n) is 7.68. The molecule has 1 rings (SSSR count). The van der Waals surface area contributed by atoms with Crippen LogP contribution in [0.3, 0.4) is 0 Å². The maximum absolute atomic E-state index is 12.5. The lowest BCUT2D eigenvalue weighted by Crippen LogP contribution is -2.58. The van der Waals surface area contributed by atoms with E-state index >= 15 is 0 Å². The minimum atomic E-state index is -1.13. The Bertz CT molecular complexity index is 558. The zero-order chi connectivity index (χ0) is 20.7. The molecule has 3 amide bonds. The molecule has 0 bridgehead atoms. The van der Waals surface area contributed by atoms with Gasteiger partial charge in [-0.1, -0.05) is 27.7 Å². The number of carboxylic acids is 1. The third-order valence-electron chi connectivity index (χ3n) is 4.61. The zero-order valence-electron chi connectivity index (χ0n) is 16.7. The number of hydrogen-bond donors (Lipinski definition) is 5. The number of amides is 3. The molecule has 0 aromatic rings. The molecule has 0 aromatic heterocycles. The lowest BCUT2D eigenvalue weighted by atomic mass is 10.00. The first kappa shape index (κ1) is 22.9. The van der Waals surface area contributed by atoms with Gasteiger partial charge in [-0.2, -0.15) is 0 Å². The molecule has 5 N–H and O–H groups in total. The van der Waals surface area contributed by atoms with E-state index in [2.05, 4.69) is 21.3 Å². The molecule has 1 heterocycles. The standard InChI is InChI=1S/C18H32N4O5/c1-9(2)13(17(25)22-14(10(3)4)18(26)27)21-15(23)11(5)20-16(24)12-7-6-8-19-12/h9-14,19H,6-8H2,1-5H3,(H,20,24)(H,21,23)(H,22,25)(H,26,27). The van der Waals surface area contributed by atoms with Gasteiger partial charge in [0.1, 0.15) is 18.1 Å². The van der Waals surface area contributed by atoms with Gasteiger partial charge in [0.05, 0.1) is 6.04 Å². The molecule has 4 atom stereocenters. The molecule has 9 heteroatoms. The number of carbonyl (C=O) groups excluding carboxylic acids is 3. The fourth-order valence-electron chi connectivity index (χ4n) is 2.86. The van der Waals surface area contributed by atoms with Crippen LogP contribution in [0, 0.1) is 11.8 Å². The van der Waals surface area contributed by atoms with E-state index < -0.39 is 35.9 Å². The van der Waals surface area contributed by atoms with Crippen molar-refractivity contribution >= 4 is 23.7 Å². The highest BCUT2D eigenvalue weighted by molar-refractivity contribution is 5.94. The van der Waals surface area contributed by atoms with Crippen molar-refractivity contribution in [2.24, 2.45) is 11.8 Å². The fraction of sp³-hybridized carbons (Fsp3) is 0.778. The van der Waals surface area contributed by atoms with Crippen LogP contribution in [0.1, 0.15) is 47.5 Å². The van der Waals surface area contributed by atoms with E-state index in [4.69, 9.17) is 0 Å². The van der Waals surface area contributed by atoms with Crippen LogP contribution in [0.4, 0.5) is 0 Å². The van der Waals surface area contributed by atoms with Gasteiger partial charge in [0.25, 0.3) is 0 Å². The van der Waals surface area contributed by atoms with Crippen LogP contribution in [0.2, 0.25) is 0 Å². The number of rotatable bonds is 9. The average molecular weight is 384 g/mol. The quantitative estimate of drug-likeness (QED) is 0.367. The lowest BCUT2D eigenvalue weighted by Gasteiger charge is -2.27. The van der Waals surface area contributed by atoms with Crippen molar-refractivity contribution < 1.29 is 24.3 Å². The van der Waals surface area contributed by atoms with Crippen LogP contribution >= 0.6 is 0 Å². The normalized spacial score (nSPS) is 20.0. The van der Waals surface area contributed by atoms with Crippen LogP contribution in [-0.4, -0.2) is 59.5 Å².